The van der Waals surface area contributed by atoms with Crippen LogP contribution in [0.5, 0.6) is 0 Å². The van der Waals surface area contributed by atoms with Crippen LogP contribution in [0.1, 0.15) is 0 Å². The zero-order chi connectivity index (χ0) is 8.20. The Kier molecular flexibility index (Phi) is 9.10. The molecule has 0 aromatic carbocycles. The fourth-order valence-electron chi connectivity index (χ4n) is 0.307. The van der Waals surface area contributed by atoms with Crippen molar-refractivity contribution in [1.82, 2.24) is 0 Å². The summed E-state index contributed by atoms with van der Waals surface area (Å²) in [6.45, 7) is -1.41. The summed E-state index contributed by atoms with van der Waals surface area (Å²) in [5.74, 6) is 0. The van der Waals surface area contributed by atoms with E-state index in [1.165, 1.54) is 0 Å². The van der Waals surface area contributed by atoms with Crippen LogP contribution in [0.15, 0.2) is 0 Å². The molecule has 0 radical (unpaired) electrons. The van der Waals surface area contributed by atoms with Crippen LogP contribution in [0.25, 0.3) is 0 Å². The van der Waals surface area contributed by atoms with Crippen molar-refractivity contribution < 1.29 is 29.1 Å². The molecule has 0 unspecified atom stereocenters. The molecule has 0 heterocycles. The first-order valence-electron chi connectivity index (χ1n) is 2.41. The molecule has 2 N–H and O–H groups in total. The first kappa shape index (κ1) is 14.8. The summed E-state index contributed by atoms with van der Waals surface area (Å²) in [6.07, 6.45) is -1.33. The average molecular weight is 210 g/mol. The van der Waals surface area contributed by atoms with E-state index in [2.05, 4.69) is 4.52 Å². The normalized spacial score (nSPS) is 11.4. The Morgan fingerprint density at radius 3 is 1.82 bits per heavy atom. The molecule has 0 aliphatic heterocycles. The van der Waals surface area contributed by atoms with Gasteiger partial charge in [0.05, 0.1) is 21.0 Å². The Hall–Kier alpha value is 1.29. The van der Waals surface area contributed by atoms with Gasteiger partial charge in [0.15, 0.2) is 0 Å². The molecule has 0 amide bonds. The molecule has 0 atom stereocenters. The molecule has 0 aromatic heterocycles. The van der Waals surface area contributed by atoms with Crippen LogP contribution in [-0.2, 0) is 9.09 Å². The van der Waals surface area contributed by atoms with Gasteiger partial charge in [0, 0.05) is 0 Å². The molecule has 0 aliphatic rings. The van der Waals surface area contributed by atoms with Gasteiger partial charge in [-0.2, -0.15) is 0 Å². The summed E-state index contributed by atoms with van der Waals surface area (Å²) in [6, 6.07) is 0. The summed E-state index contributed by atoms with van der Waals surface area (Å²) >= 11 is 0. The maximum Gasteiger partial charge on any atom is 2.00 e. The molecule has 0 aromatic rings. The van der Waals surface area contributed by atoms with Crippen molar-refractivity contribution in [2.24, 2.45) is 0 Å². The summed E-state index contributed by atoms with van der Waals surface area (Å²) < 4.78 is 13.5. The van der Waals surface area contributed by atoms with Gasteiger partial charge in [-0.3, -0.25) is 0 Å². The van der Waals surface area contributed by atoms with E-state index in [9.17, 15) is 14.4 Å². The first-order chi connectivity index (χ1) is 4.49. The summed E-state index contributed by atoms with van der Waals surface area (Å²) in [5.41, 5.74) is 0. The van der Waals surface area contributed by atoms with Gasteiger partial charge in [0.25, 0.3) is 0 Å². The fraction of sp³-hybridized carbons (Fsp3) is 1.00. The molecule has 0 rings (SSSR count). The largest absolute Gasteiger partial charge is 2.00 e. The number of hydrogen-bond acceptors (Lipinski definition) is 6. The second kappa shape index (κ2) is 6.77. The van der Waals surface area contributed by atoms with Crippen molar-refractivity contribution in [1.29, 1.82) is 0 Å². The Balaban J connectivity index is 0. The van der Waals surface area contributed by atoms with E-state index in [4.69, 9.17) is 10.2 Å². The van der Waals surface area contributed by atoms with Crippen molar-refractivity contribution in [3.63, 3.8) is 0 Å². The van der Waals surface area contributed by atoms with Gasteiger partial charge in [0.2, 0.25) is 0 Å². The van der Waals surface area contributed by atoms with Crippen LogP contribution in [0.2, 0.25) is 0 Å². The van der Waals surface area contributed by atoms with Crippen LogP contribution in [-0.4, -0.2) is 67.3 Å². The molecule has 62 valence electrons. The predicted molar refractivity (Wildman–Crippen MR) is 32.4 cm³/mol. The SMILES string of the molecule is O=P([O-])([O-])OC(CO)CO.[Ca+2]. The van der Waals surface area contributed by atoms with Crippen molar-refractivity contribution in [3.8, 4) is 0 Å². The first-order valence-corrected chi connectivity index (χ1v) is 3.88. The maximum absolute atomic E-state index is 9.79. The van der Waals surface area contributed by atoms with Gasteiger partial charge >= 0.3 is 37.7 Å². The van der Waals surface area contributed by atoms with E-state index >= 15 is 0 Å². The van der Waals surface area contributed by atoms with E-state index in [1.807, 2.05) is 0 Å². The Labute approximate surface area is 93.4 Å². The summed E-state index contributed by atoms with van der Waals surface area (Å²) in [4.78, 5) is 19.6. The van der Waals surface area contributed by atoms with Crippen molar-refractivity contribution in [2.45, 2.75) is 6.10 Å². The van der Waals surface area contributed by atoms with Gasteiger partial charge in [-0.15, -0.1) is 0 Å². The third-order valence-electron chi connectivity index (χ3n) is 0.685. The molecule has 0 aliphatic carbocycles. The molecule has 0 spiro atoms. The van der Waals surface area contributed by atoms with Gasteiger partial charge in [-0.25, -0.2) is 0 Å². The number of phosphoric ester groups is 1. The number of aliphatic hydroxyl groups excluding tert-OH is 2. The molecule has 11 heavy (non-hydrogen) atoms. The topological polar surface area (TPSA) is 113 Å². The zero-order valence-electron chi connectivity index (χ0n) is 5.67. The van der Waals surface area contributed by atoms with Gasteiger partial charge in [-0.05, 0) is 0 Å². The van der Waals surface area contributed by atoms with Gasteiger partial charge in [0.1, 0.15) is 6.10 Å². The van der Waals surface area contributed by atoms with Crippen LogP contribution in [0.3, 0.4) is 0 Å². The maximum atomic E-state index is 9.79. The minimum atomic E-state index is -5.07. The fourth-order valence-corrected chi connectivity index (χ4v) is 0.805. The number of aliphatic hydroxyl groups is 2. The predicted octanol–water partition coefficient (Wildman–Crippen LogP) is -3.20. The Morgan fingerprint density at radius 2 is 1.73 bits per heavy atom. The van der Waals surface area contributed by atoms with Crippen LogP contribution in [0, 0.1) is 0 Å². The molecule has 0 fully saturated rings. The molecular formula is C3H7CaO6P. The van der Waals surface area contributed by atoms with Crippen LogP contribution in [0.4, 0.5) is 0 Å². The number of rotatable bonds is 4. The minimum absolute atomic E-state index is 0. The molecule has 6 nitrogen and oxygen atoms in total. The standard InChI is InChI=1S/C3H9O6P.Ca/c4-1-3(2-5)9-10(6,7)8;/h3-5H,1-2H2,(H2,6,7,8);/q;+2/p-2. The third-order valence-corrected chi connectivity index (χ3v) is 1.24. The van der Waals surface area contributed by atoms with Crippen molar-refractivity contribution >= 4 is 45.6 Å². The summed E-state index contributed by atoms with van der Waals surface area (Å²) in [7, 11) is -5.07. The molecule has 0 saturated heterocycles. The van der Waals surface area contributed by atoms with Crippen molar-refractivity contribution in [2.75, 3.05) is 13.2 Å². The number of phosphoric acid groups is 1. The quantitative estimate of drug-likeness (QED) is 0.373. The van der Waals surface area contributed by atoms with E-state index in [0.717, 1.165) is 0 Å². The monoisotopic (exact) mass is 210 g/mol. The van der Waals surface area contributed by atoms with Crippen molar-refractivity contribution in [3.05, 3.63) is 0 Å². The molecule has 0 bridgehead atoms. The van der Waals surface area contributed by atoms with Gasteiger partial charge < -0.3 is 29.1 Å². The summed E-state index contributed by atoms with van der Waals surface area (Å²) in [5, 5.41) is 16.4. The second-order valence-corrected chi connectivity index (χ2v) is 2.65. The smallest absolute Gasteiger partial charge is 0.790 e. The van der Waals surface area contributed by atoms with E-state index in [0.29, 0.717) is 0 Å². The van der Waals surface area contributed by atoms with E-state index in [-0.39, 0.29) is 37.7 Å². The molecule has 8 heteroatoms. The number of hydrogen-bond donors (Lipinski definition) is 2. The van der Waals surface area contributed by atoms with E-state index in [1.54, 1.807) is 0 Å². The van der Waals surface area contributed by atoms with Gasteiger partial charge in [-0.1, -0.05) is 0 Å². The second-order valence-electron chi connectivity index (χ2n) is 1.54. The molecule has 0 saturated carbocycles. The van der Waals surface area contributed by atoms with Crippen LogP contribution >= 0.6 is 7.82 Å². The molecular weight excluding hydrogens is 203 g/mol. The van der Waals surface area contributed by atoms with Crippen LogP contribution < -0.4 is 9.79 Å². The minimum Gasteiger partial charge on any atom is -0.790 e. The zero-order valence-corrected chi connectivity index (χ0v) is 8.78. The Morgan fingerprint density at radius 1 is 1.36 bits per heavy atom. The third kappa shape index (κ3) is 9.20. The average Bonchev–Trinajstić information content (AvgIpc) is 1.81. The Bertz CT molecular complexity index is 130. The van der Waals surface area contributed by atoms with E-state index < -0.39 is 27.1 Å².